The molecule has 0 aliphatic carbocycles. The number of pyridine rings is 1. The molecule has 2 heterocycles. The fourth-order valence-electron chi connectivity index (χ4n) is 2.85. The molecule has 0 saturated carbocycles. The van der Waals surface area contributed by atoms with Gasteiger partial charge in [-0.05, 0) is 31.2 Å². The Hall–Kier alpha value is -2.73. The van der Waals surface area contributed by atoms with Gasteiger partial charge in [-0.3, -0.25) is 14.7 Å². The molecule has 1 fully saturated rings. The third kappa shape index (κ3) is 4.64. The number of ketones is 1. The second-order valence-electron chi connectivity index (χ2n) is 6.15. The number of rotatable bonds is 4. The number of piperazine rings is 1. The van der Waals surface area contributed by atoms with Gasteiger partial charge < -0.3 is 10.2 Å². The monoisotopic (exact) mass is 338 g/mol. The lowest BCUT2D eigenvalue weighted by molar-refractivity contribution is 0.101. The van der Waals surface area contributed by atoms with E-state index in [1.165, 1.54) is 6.92 Å². The van der Waals surface area contributed by atoms with Crippen LogP contribution in [0, 0.1) is 0 Å². The molecule has 2 amide bonds. The molecule has 1 aliphatic heterocycles. The summed E-state index contributed by atoms with van der Waals surface area (Å²) in [4.78, 5) is 32.3. The van der Waals surface area contributed by atoms with E-state index in [-0.39, 0.29) is 11.8 Å². The van der Waals surface area contributed by atoms with E-state index in [0.717, 1.165) is 25.3 Å². The van der Waals surface area contributed by atoms with Gasteiger partial charge in [0.05, 0.1) is 5.69 Å². The molecule has 25 heavy (non-hydrogen) atoms. The molecular weight excluding hydrogens is 316 g/mol. The Morgan fingerprint density at radius 1 is 1.08 bits per heavy atom. The lowest BCUT2D eigenvalue weighted by atomic mass is 10.1. The first-order valence-corrected chi connectivity index (χ1v) is 8.41. The van der Waals surface area contributed by atoms with Crippen LogP contribution in [0.15, 0.2) is 48.7 Å². The second-order valence-corrected chi connectivity index (χ2v) is 6.15. The summed E-state index contributed by atoms with van der Waals surface area (Å²) in [6, 6.07) is 12.8. The largest absolute Gasteiger partial charge is 0.322 e. The van der Waals surface area contributed by atoms with Gasteiger partial charge in [0.15, 0.2) is 5.78 Å². The van der Waals surface area contributed by atoms with Crippen LogP contribution in [0.3, 0.4) is 0 Å². The topological polar surface area (TPSA) is 65.5 Å². The number of carbonyl (C=O) groups excluding carboxylic acids is 2. The van der Waals surface area contributed by atoms with Crippen molar-refractivity contribution < 1.29 is 9.59 Å². The van der Waals surface area contributed by atoms with E-state index in [9.17, 15) is 9.59 Å². The summed E-state index contributed by atoms with van der Waals surface area (Å²) in [6.07, 6.45) is 1.80. The number of carbonyl (C=O) groups is 2. The molecule has 1 N–H and O–H groups in total. The van der Waals surface area contributed by atoms with Crippen LogP contribution in [0.5, 0.6) is 0 Å². The summed E-state index contributed by atoms with van der Waals surface area (Å²) in [5.41, 5.74) is 2.29. The third-order valence-electron chi connectivity index (χ3n) is 4.29. The van der Waals surface area contributed by atoms with E-state index in [1.54, 1.807) is 35.4 Å². The first-order valence-electron chi connectivity index (χ1n) is 8.41. The third-order valence-corrected chi connectivity index (χ3v) is 4.29. The van der Waals surface area contributed by atoms with Crippen molar-refractivity contribution in [2.75, 3.05) is 31.5 Å². The lowest BCUT2D eigenvalue weighted by Crippen LogP contribution is -2.49. The normalized spacial score (nSPS) is 15.0. The zero-order valence-electron chi connectivity index (χ0n) is 14.3. The van der Waals surface area contributed by atoms with Crippen molar-refractivity contribution in [2.24, 2.45) is 0 Å². The average molecular weight is 338 g/mol. The highest BCUT2D eigenvalue weighted by Gasteiger charge is 2.21. The molecule has 130 valence electrons. The van der Waals surface area contributed by atoms with Gasteiger partial charge in [0, 0.05) is 50.2 Å². The Bertz CT molecular complexity index is 740. The van der Waals surface area contributed by atoms with E-state index in [2.05, 4.69) is 15.2 Å². The molecule has 1 saturated heterocycles. The summed E-state index contributed by atoms with van der Waals surface area (Å²) >= 11 is 0. The van der Waals surface area contributed by atoms with Crippen molar-refractivity contribution >= 4 is 17.5 Å². The van der Waals surface area contributed by atoms with E-state index in [1.807, 2.05) is 18.2 Å². The second kappa shape index (κ2) is 7.90. The SMILES string of the molecule is CC(=O)c1cccc(NC(=O)N2CCN(Cc3ccccn3)CC2)c1. The standard InChI is InChI=1S/C19H22N4O2/c1-15(24)16-5-4-7-17(13-16)21-19(25)23-11-9-22(10-12-23)14-18-6-2-3-8-20-18/h2-8,13H,9-12,14H2,1H3,(H,21,25). The van der Waals surface area contributed by atoms with Crippen LogP contribution in [-0.2, 0) is 6.54 Å². The van der Waals surface area contributed by atoms with Gasteiger partial charge in [0.2, 0.25) is 0 Å². The van der Waals surface area contributed by atoms with Crippen LogP contribution < -0.4 is 5.32 Å². The molecule has 1 aromatic carbocycles. The molecule has 6 nitrogen and oxygen atoms in total. The molecular formula is C19H22N4O2. The zero-order chi connectivity index (χ0) is 17.6. The van der Waals surface area contributed by atoms with Crippen molar-refractivity contribution in [3.05, 3.63) is 59.9 Å². The van der Waals surface area contributed by atoms with Gasteiger partial charge >= 0.3 is 6.03 Å². The fraction of sp³-hybridized carbons (Fsp3) is 0.316. The quantitative estimate of drug-likeness (QED) is 0.871. The first-order chi connectivity index (χ1) is 12.1. The summed E-state index contributed by atoms with van der Waals surface area (Å²) in [5.74, 6) is -0.0146. The van der Waals surface area contributed by atoms with Crippen molar-refractivity contribution in [2.45, 2.75) is 13.5 Å². The van der Waals surface area contributed by atoms with Crippen molar-refractivity contribution in [1.29, 1.82) is 0 Å². The molecule has 3 rings (SSSR count). The minimum Gasteiger partial charge on any atom is -0.322 e. The Morgan fingerprint density at radius 3 is 2.56 bits per heavy atom. The van der Waals surface area contributed by atoms with Gasteiger partial charge in [-0.1, -0.05) is 18.2 Å². The van der Waals surface area contributed by atoms with E-state index in [4.69, 9.17) is 0 Å². The van der Waals surface area contributed by atoms with Crippen LogP contribution in [0.1, 0.15) is 23.0 Å². The van der Waals surface area contributed by atoms with Crippen molar-refractivity contribution in [3.8, 4) is 0 Å². The molecule has 1 aromatic heterocycles. The summed E-state index contributed by atoms with van der Waals surface area (Å²) in [7, 11) is 0. The predicted octanol–water partition coefficient (Wildman–Crippen LogP) is 2.63. The maximum absolute atomic E-state index is 12.4. The average Bonchev–Trinajstić information content (AvgIpc) is 2.63. The number of anilines is 1. The maximum Gasteiger partial charge on any atom is 0.321 e. The van der Waals surface area contributed by atoms with Crippen LogP contribution in [0.25, 0.3) is 0 Å². The minimum atomic E-state index is -0.127. The van der Waals surface area contributed by atoms with Gasteiger partial charge in [0.25, 0.3) is 0 Å². The summed E-state index contributed by atoms with van der Waals surface area (Å²) in [6.45, 7) is 5.30. The Morgan fingerprint density at radius 2 is 1.88 bits per heavy atom. The number of Topliss-reactive ketones (excluding diaryl/α,β-unsaturated/α-hetero) is 1. The smallest absolute Gasteiger partial charge is 0.321 e. The molecule has 1 aliphatic rings. The van der Waals surface area contributed by atoms with Crippen LogP contribution >= 0.6 is 0 Å². The highest BCUT2D eigenvalue weighted by molar-refractivity contribution is 5.96. The lowest BCUT2D eigenvalue weighted by Gasteiger charge is -2.34. The number of nitrogens with zero attached hydrogens (tertiary/aromatic N) is 3. The number of urea groups is 1. The number of hydrogen-bond acceptors (Lipinski definition) is 4. The molecule has 0 bridgehead atoms. The maximum atomic E-state index is 12.4. The van der Waals surface area contributed by atoms with Crippen LogP contribution in [-0.4, -0.2) is 52.8 Å². The fourth-order valence-corrected chi connectivity index (χ4v) is 2.85. The Kier molecular flexibility index (Phi) is 5.40. The van der Waals surface area contributed by atoms with Crippen molar-refractivity contribution in [1.82, 2.24) is 14.8 Å². The van der Waals surface area contributed by atoms with E-state index >= 15 is 0 Å². The van der Waals surface area contributed by atoms with Gasteiger partial charge in [-0.25, -0.2) is 4.79 Å². The Labute approximate surface area is 147 Å². The molecule has 0 spiro atoms. The molecule has 2 aromatic rings. The number of hydrogen-bond donors (Lipinski definition) is 1. The zero-order valence-corrected chi connectivity index (χ0v) is 14.3. The highest BCUT2D eigenvalue weighted by Crippen LogP contribution is 2.13. The summed E-state index contributed by atoms with van der Waals surface area (Å²) < 4.78 is 0. The van der Waals surface area contributed by atoms with E-state index in [0.29, 0.717) is 24.3 Å². The van der Waals surface area contributed by atoms with Crippen LogP contribution in [0.2, 0.25) is 0 Å². The van der Waals surface area contributed by atoms with Crippen molar-refractivity contribution in [3.63, 3.8) is 0 Å². The number of amides is 2. The molecule has 6 heteroatoms. The number of nitrogens with one attached hydrogen (secondary N) is 1. The van der Waals surface area contributed by atoms with Crippen LogP contribution in [0.4, 0.5) is 10.5 Å². The van der Waals surface area contributed by atoms with Gasteiger partial charge in [0.1, 0.15) is 0 Å². The summed E-state index contributed by atoms with van der Waals surface area (Å²) in [5, 5.41) is 2.88. The highest BCUT2D eigenvalue weighted by atomic mass is 16.2. The molecule has 0 unspecified atom stereocenters. The van der Waals surface area contributed by atoms with E-state index < -0.39 is 0 Å². The predicted molar refractivity (Wildman–Crippen MR) is 96.6 cm³/mol. The first kappa shape index (κ1) is 17.1. The molecule has 0 atom stereocenters. The minimum absolute atomic E-state index is 0.0146. The molecule has 0 radical (unpaired) electrons. The van der Waals surface area contributed by atoms with Gasteiger partial charge in [-0.2, -0.15) is 0 Å². The number of benzene rings is 1. The van der Waals surface area contributed by atoms with Gasteiger partial charge in [-0.15, -0.1) is 0 Å². The Balaban J connectivity index is 1.51. The number of aromatic nitrogens is 1.